The summed E-state index contributed by atoms with van der Waals surface area (Å²) in [5, 5.41) is 9.06. The zero-order valence-electron chi connectivity index (χ0n) is 12.8. The number of hydrogen-bond acceptors (Lipinski definition) is 3. The molecule has 19 heavy (non-hydrogen) atoms. The molecule has 0 aliphatic rings. The lowest BCUT2D eigenvalue weighted by molar-refractivity contribution is 0.0527. The van der Waals surface area contributed by atoms with Gasteiger partial charge in [0, 0.05) is 26.7 Å². The maximum Gasteiger partial charge on any atom is 0.407 e. The second-order valence-electron chi connectivity index (χ2n) is 5.21. The number of ether oxygens (including phenoxy) is 1. The molecule has 0 aliphatic carbocycles. The van der Waals surface area contributed by atoms with Gasteiger partial charge in [-0.1, -0.05) is 6.92 Å². The molecule has 0 unspecified atom stereocenters. The predicted molar refractivity (Wildman–Crippen MR) is 78.5 cm³/mol. The minimum Gasteiger partial charge on any atom is -0.444 e. The summed E-state index contributed by atoms with van der Waals surface area (Å²) in [7, 11) is 1.74. The molecule has 0 atom stereocenters. The molecule has 0 aromatic heterocycles. The van der Waals surface area contributed by atoms with Crippen LogP contribution in [0, 0.1) is 0 Å². The molecule has 3 N–H and O–H groups in total. The van der Waals surface area contributed by atoms with Crippen molar-refractivity contribution in [1.82, 2.24) is 16.0 Å². The van der Waals surface area contributed by atoms with Gasteiger partial charge in [0.15, 0.2) is 5.96 Å². The lowest BCUT2D eigenvalue weighted by atomic mass is 10.2. The fraction of sp³-hybridized carbons (Fsp3) is 0.846. The van der Waals surface area contributed by atoms with Crippen LogP contribution in [-0.2, 0) is 4.74 Å². The lowest BCUT2D eigenvalue weighted by Crippen LogP contribution is -2.39. The average molecular weight is 272 g/mol. The Balaban J connectivity index is 3.61. The third-order valence-corrected chi connectivity index (χ3v) is 2.08. The Kier molecular flexibility index (Phi) is 8.74. The van der Waals surface area contributed by atoms with E-state index in [1.54, 1.807) is 7.05 Å². The standard InChI is InChI=1S/C13H28N4O2/c1-6-8-15-11(14-5)16-9-7-10-17-12(18)19-13(2,3)4/h6-10H2,1-5H3,(H,17,18)(H2,14,15,16). The molecule has 0 aliphatic heterocycles. The van der Waals surface area contributed by atoms with Gasteiger partial charge in [0.25, 0.3) is 0 Å². The van der Waals surface area contributed by atoms with Crippen LogP contribution >= 0.6 is 0 Å². The number of nitrogens with zero attached hydrogens (tertiary/aromatic N) is 1. The third kappa shape index (κ3) is 11.4. The number of guanidine groups is 1. The molecule has 6 nitrogen and oxygen atoms in total. The Morgan fingerprint density at radius 2 is 1.68 bits per heavy atom. The molecular weight excluding hydrogens is 244 g/mol. The maximum absolute atomic E-state index is 11.4. The highest BCUT2D eigenvalue weighted by Gasteiger charge is 2.15. The van der Waals surface area contributed by atoms with Crippen molar-refractivity contribution in [3.63, 3.8) is 0 Å². The first-order valence-electron chi connectivity index (χ1n) is 6.80. The van der Waals surface area contributed by atoms with Crippen LogP contribution < -0.4 is 16.0 Å². The van der Waals surface area contributed by atoms with Gasteiger partial charge in [0.1, 0.15) is 5.60 Å². The van der Waals surface area contributed by atoms with Gasteiger partial charge in [0.05, 0.1) is 0 Å². The summed E-state index contributed by atoms with van der Waals surface area (Å²) in [5.74, 6) is 0.791. The fourth-order valence-corrected chi connectivity index (χ4v) is 1.26. The number of hydrogen-bond donors (Lipinski definition) is 3. The van der Waals surface area contributed by atoms with Crippen LogP contribution in [0.15, 0.2) is 4.99 Å². The van der Waals surface area contributed by atoms with Crippen LogP contribution in [0.5, 0.6) is 0 Å². The fourth-order valence-electron chi connectivity index (χ4n) is 1.26. The number of amides is 1. The molecule has 0 radical (unpaired) electrons. The van der Waals surface area contributed by atoms with Crippen LogP contribution in [0.3, 0.4) is 0 Å². The summed E-state index contributed by atoms with van der Waals surface area (Å²) < 4.78 is 5.13. The van der Waals surface area contributed by atoms with Crippen LogP contribution in [0.2, 0.25) is 0 Å². The van der Waals surface area contributed by atoms with Crippen LogP contribution in [0.4, 0.5) is 4.79 Å². The molecule has 0 spiro atoms. The van der Waals surface area contributed by atoms with Crippen LogP contribution in [0.25, 0.3) is 0 Å². The van der Waals surface area contributed by atoms with E-state index < -0.39 is 5.60 Å². The maximum atomic E-state index is 11.4. The van der Waals surface area contributed by atoms with E-state index in [-0.39, 0.29) is 6.09 Å². The predicted octanol–water partition coefficient (Wildman–Crippen LogP) is 1.48. The number of rotatable bonds is 6. The topological polar surface area (TPSA) is 74.8 Å². The van der Waals surface area contributed by atoms with E-state index in [1.165, 1.54) is 0 Å². The number of aliphatic imine (C=N–C) groups is 1. The van der Waals surface area contributed by atoms with Gasteiger partial charge in [-0.25, -0.2) is 4.79 Å². The highest BCUT2D eigenvalue weighted by molar-refractivity contribution is 5.79. The quantitative estimate of drug-likeness (QED) is 0.389. The summed E-state index contributed by atoms with van der Waals surface area (Å²) in [5.41, 5.74) is -0.450. The molecule has 6 heteroatoms. The zero-order chi connectivity index (χ0) is 14.7. The summed E-state index contributed by atoms with van der Waals surface area (Å²) in [4.78, 5) is 15.5. The van der Waals surface area contributed by atoms with Gasteiger partial charge in [-0.3, -0.25) is 4.99 Å². The van der Waals surface area contributed by atoms with Gasteiger partial charge in [-0.05, 0) is 33.6 Å². The SMILES string of the molecule is CCCNC(=NC)NCCCNC(=O)OC(C)(C)C. The first-order valence-corrected chi connectivity index (χ1v) is 6.80. The molecule has 0 saturated carbocycles. The largest absolute Gasteiger partial charge is 0.444 e. The molecule has 112 valence electrons. The molecular formula is C13H28N4O2. The van der Waals surface area contributed by atoms with E-state index in [0.717, 1.165) is 31.9 Å². The normalized spacial score (nSPS) is 11.9. The van der Waals surface area contributed by atoms with Crippen LogP contribution in [0.1, 0.15) is 40.5 Å². The first-order chi connectivity index (χ1) is 8.89. The van der Waals surface area contributed by atoms with E-state index >= 15 is 0 Å². The highest BCUT2D eigenvalue weighted by atomic mass is 16.6. The van der Waals surface area contributed by atoms with Crippen LogP contribution in [-0.4, -0.2) is 44.3 Å². The Morgan fingerprint density at radius 1 is 1.11 bits per heavy atom. The van der Waals surface area contributed by atoms with Crippen molar-refractivity contribution in [1.29, 1.82) is 0 Å². The van der Waals surface area contributed by atoms with Gasteiger partial charge in [0.2, 0.25) is 0 Å². The number of nitrogens with one attached hydrogen (secondary N) is 3. The number of carbonyl (C=O) groups is 1. The minimum atomic E-state index is -0.450. The summed E-state index contributed by atoms with van der Waals surface area (Å²) in [6.45, 7) is 9.86. The molecule has 0 saturated heterocycles. The van der Waals surface area contributed by atoms with Crippen molar-refractivity contribution < 1.29 is 9.53 Å². The molecule has 0 heterocycles. The summed E-state index contributed by atoms with van der Waals surface area (Å²) in [6.07, 6.45) is 1.49. The highest BCUT2D eigenvalue weighted by Crippen LogP contribution is 2.06. The second kappa shape index (κ2) is 9.47. The second-order valence-corrected chi connectivity index (χ2v) is 5.21. The average Bonchev–Trinajstić information content (AvgIpc) is 2.30. The van der Waals surface area contributed by atoms with Gasteiger partial charge in [-0.2, -0.15) is 0 Å². The molecule has 0 fully saturated rings. The molecule has 0 bridgehead atoms. The van der Waals surface area contributed by atoms with Crippen molar-refractivity contribution in [2.45, 2.75) is 46.1 Å². The van der Waals surface area contributed by atoms with Crippen molar-refractivity contribution in [3.05, 3.63) is 0 Å². The Hall–Kier alpha value is -1.46. The van der Waals surface area contributed by atoms with Gasteiger partial charge < -0.3 is 20.7 Å². The summed E-state index contributed by atoms with van der Waals surface area (Å²) >= 11 is 0. The Labute approximate surface area is 116 Å². The van der Waals surface area contributed by atoms with Gasteiger partial charge in [-0.15, -0.1) is 0 Å². The molecule has 0 aromatic rings. The molecule has 1 amide bonds. The van der Waals surface area contributed by atoms with E-state index in [1.807, 2.05) is 20.8 Å². The zero-order valence-corrected chi connectivity index (χ0v) is 12.8. The third-order valence-electron chi connectivity index (χ3n) is 2.08. The Morgan fingerprint density at radius 3 is 2.21 bits per heavy atom. The smallest absolute Gasteiger partial charge is 0.407 e. The minimum absolute atomic E-state index is 0.374. The summed E-state index contributed by atoms with van der Waals surface area (Å²) in [6, 6.07) is 0. The number of carbonyl (C=O) groups excluding carboxylic acids is 1. The number of alkyl carbamates (subject to hydrolysis) is 1. The van der Waals surface area contributed by atoms with Crippen molar-refractivity contribution in [3.8, 4) is 0 Å². The van der Waals surface area contributed by atoms with Gasteiger partial charge >= 0.3 is 6.09 Å². The molecule has 0 rings (SSSR count). The molecule has 0 aromatic carbocycles. The lowest BCUT2D eigenvalue weighted by Gasteiger charge is -2.19. The van der Waals surface area contributed by atoms with Crippen molar-refractivity contribution >= 4 is 12.1 Å². The first kappa shape index (κ1) is 17.5. The monoisotopic (exact) mass is 272 g/mol. The Bertz CT molecular complexity index is 285. The van der Waals surface area contributed by atoms with Crippen molar-refractivity contribution in [2.75, 3.05) is 26.7 Å². The van der Waals surface area contributed by atoms with E-state index in [9.17, 15) is 4.79 Å². The van der Waals surface area contributed by atoms with E-state index in [0.29, 0.717) is 6.54 Å². The van der Waals surface area contributed by atoms with Crippen molar-refractivity contribution in [2.24, 2.45) is 4.99 Å². The van der Waals surface area contributed by atoms with E-state index in [2.05, 4.69) is 27.9 Å². The van der Waals surface area contributed by atoms with E-state index in [4.69, 9.17) is 4.74 Å².